The van der Waals surface area contributed by atoms with Crippen molar-refractivity contribution in [2.24, 2.45) is 5.10 Å². The van der Waals surface area contributed by atoms with Gasteiger partial charge in [0, 0.05) is 22.0 Å². The van der Waals surface area contributed by atoms with Crippen LogP contribution in [-0.4, -0.2) is 29.1 Å². The lowest BCUT2D eigenvalue weighted by Crippen LogP contribution is -2.23. The zero-order valence-corrected chi connectivity index (χ0v) is 19.3. The van der Waals surface area contributed by atoms with Gasteiger partial charge in [0.15, 0.2) is 0 Å². The van der Waals surface area contributed by atoms with E-state index in [-0.39, 0.29) is 11.5 Å². The molecule has 0 bridgehead atoms. The molecule has 0 radical (unpaired) electrons. The molecule has 0 saturated carbocycles. The number of benzene rings is 2. The molecular weight excluding hydrogens is 446 g/mol. The van der Waals surface area contributed by atoms with Crippen molar-refractivity contribution < 1.29 is 9.47 Å². The summed E-state index contributed by atoms with van der Waals surface area (Å²) in [6.45, 7) is 9.05. The third-order valence-corrected chi connectivity index (χ3v) is 5.29. The minimum atomic E-state index is -0.197. The largest absolute Gasteiger partial charge is 0.494 e. The summed E-state index contributed by atoms with van der Waals surface area (Å²) in [4.78, 5) is 18.0. The Labute approximate surface area is 184 Å². The molecule has 6 nitrogen and oxygen atoms in total. The van der Waals surface area contributed by atoms with Crippen LogP contribution in [0.4, 0.5) is 0 Å². The first-order valence-corrected chi connectivity index (χ1v) is 10.9. The third kappa shape index (κ3) is 4.73. The summed E-state index contributed by atoms with van der Waals surface area (Å²) >= 11 is 3.43. The summed E-state index contributed by atoms with van der Waals surface area (Å²) in [7, 11) is 0. The average molecular weight is 472 g/mol. The van der Waals surface area contributed by atoms with E-state index < -0.39 is 0 Å². The van der Waals surface area contributed by atoms with Crippen LogP contribution in [0.5, 0.6) is 11.5 Å². The zero-order chi connectivity index (χ0) is 21.7. The van der Waals surface area contributed by atoms with E-state index in [9.17, 15) is 4.79 Å². The molecule has 1 atom stereocenters. The Morgan fingerprint density at radius 2 is 1.90 bits per heavy atom. The van der Waals surface area contributed by atoms with Crippen molar-refractivity contribution in [3.05, 3.63) is 62.6 Å². The molecule has 0 amide bonds. The molecule has 3 aromatic rings. The van der Waals surface area contributed by atoms with Crippen LogP contribution in [0.1, 0.15) is 51.4 Å². The maximum atomic E-state index is 13.2. The zero-order valence-electron chi connectivity index (χ0n) is 17.7. The molecule has 158 valence electrons. The van der Waals surface area contributed by atoms with Gasteiger partial charge >= 0.3 is 0 Å². The molecule has 0 aliphatic carbocycles. The van der Waals surface area contributed by atoms with Gasteiger partial charge in [-0.2, -0.15) is 9.78 Å². The maximum absolute atomic E-state index is 13.2. The number of aromatic nitrogens is 2. The molecule has 1 aromatic heterocycles. The Morgan fingerprint density at radius 1 is 1.13 bits per heavy atom. The summed E-state index contributed by atoms with van der Waals surface area (Å²) in [5, 5.41) is 5.04. The first kappa shape index (κ1) is 22.0. The lowest BCUT2D eigenvalue weighted by atomic mass is 10.1. The summed E-state index contributed by atoms with van der Waals surface area (Å²) in [6.07, 6.45) is 2.48. The van der Waals surface area contributed by atoms with Crippen molar-refractivity contribution >= 4 is 33.0 Å². The fourth-order valence-electron chi connectivity index (χ4n) is 3.06. The molecule has 0 aliphatic rings. The second-order valence-electron chi connectivity index (χ2n) is 6.87. The van der Waals surface area contributed by atoms with Crippen LogP contribution >= 0.6 is 15.9 Å². The Balaban J connectivity index is 2.13. The van der Waals surface area contributed by atoms with E-state index in [1.807, 2.05) is 51.1 Å². The van der Waals surface area contributed by atoms with Gasteiger partial charge in [-0.25, -0.2) is 4.98 Å². The number of rotatable bonds is 8. The van der Waals surface area contributed by atoms with Crippen LogP contribution in [0.15, 0.2) is 50.8 Å². The molecule has 1 heterocycles. The summed E-state index contributed by atoms with van der Waals surface area (Å²) < 4.78 is 13.5. The van der Waals surface area contributed by atoms with E-state index in [0.717, 1.165) is 22.2 Å². The molecular formula is C23H26BrN3O3. The molecule has 0 saturated heterocycles. The number of nitrogens with zero attached hydrogens (tertiary/aromatic N) is 3. The second-order valence-corrected chi connectivity index (χ2v) is 7.78. The topological polar surface area (TPSA) is 65.7 Å². The van der Waals surface area contributed by atoms with Crippen LogP contribution in [0.3, 0.4) is 0 Å². The van der Waals surface area contributed by atoms with Gasteiger partial charge in [0.25, 0.3) is 5.56 Å². The number of fused-ring (bicyclic) bond motifs is 1. The molecule has 3 rings (SSSR count). The van der Waals surface area contributed by atoms with Gasteiger partial charge in [-0.3, -0.25) is 4.79 Å². The fraction of sp³-hybridized carbons (Fsp3) is 0.348. The summed E-state index contributed by atoms with van der Waals surface area (Å²) in [6, 6.07) is 11.1. The number of ether oxygens (including phenoxy) is 2. The van der Waals surface area contributed by atoms with Crippen LogP contribution in [-0.2, 0) is 0 Å². The van der Waals surface area contributed by atoms with Gasteiger partial charge in [-0.05, 0) is 50.6 Å². The van der Waals surface area contributed by atoms with Crippen molar-refractivity contribution in [1.29, 1.82) is 0 Å². The average Bonchev–Trinajstić information content (AvgIpc) is 2.74. The molecule has 0 spiro atoms. The predicted octanol–water partition coefficient (Wildman–Crippen LogP) is 5.35. The lowest BCUT2D eigenvalue weighted by Gasteiger charge is -2.14. The highest BCUT2D eigenvalue weighted by Crippen LogP contribution is 2.25. The predicted molar refractivity (Wildman–Crippen MR) is 124 cm³/mol. The van der Waals surface area contributed by atoms with Crippen molar-refractivity contribution in [1.82, 2.24) is 9.66 Å². The first-order valence-electron chi connectivity index (χ1n) is 10.1. The third-order valence-electron chi connectivity index (χ3n) is 4.79. The quantitative estimate of drug-likeness (QED) is 0.415. The minimum absolute atomic E-state index is 0.0783. The standard InChI is InChI=1S/C23H26BrN3O3/c1-5-15(4)22-26-20-11-9-17(24)12-19(20)23(28)27(22)25-14-16-8-10-18(29-6-2)13-21(16)30-7-3/h8-15H,5-7H2,1-4H3/t15-/m1/s1. The Hall–Kier alpha value is -2.67. The van der Waals surface area contributed by atoms with Crippen LogP contribution in [0.25, 0.3) is 10.9 Å². The van der Waals surface area contributed by atoms with E-state index in [2.05, 4.69) is 28.0 Å². The highest BCUT2D eigenvalue weighted by Gasteiger charge is 2.16. The van der Waals surface area contributed by atoms with Crippen molar-refractivity contribution in [3.8, 4) is 11.5 Å². The van der Waals surface area contributed by atoms with Crippen molar-refractivity contribution in [2.45, 2.75) is 40.0 Å². The first-order chi connectivity index (χ1) is 14.5. The summed E-state index contributed by atoms with van der Waals surface area (Å²) in [5.41, 5.74) is 1.23. The van der Waals surface area contributed by atoms with Crippen molar-refractivity contribution in [2.75, 3.05) is 13.2 Å². The SMILES string of the molecule is CCOc1ccc(C=Nn2c([C@H](C)CC)nc3ccc(Br)cc3c2=O)c(OCC)c1. The highest BCUT2D eigenvalue weighted by atomic mass is 79.9. The second kappa shape index (κ2) is 9.89. The van der Waals surface area contributed by atoms with E-state index in [0.29, 0.717) is 35.7 Å². The minimum Gasteiger partial charge on any atom is -0.494 e. The van der Waals surface area contributed by atoms with E-state index in [1.54, 1.807) is 12.3 Å². The Bertz CT molecular complexity index is 1120. The van der Waals surface area contributed by atoms with Gasteiger partial charge < -0.3 is 9.47 Å². The van der Waals surface area contributed by atoms with Gasteiger partial charge in [0.1, 0.15) is 17.3 Å². The maximum Gasteiger partial charge on any atom is 0.282 e. The van der Waals surface area contributed by atoms with E-state index in [1.165, 1.54) is 4.68 Å². The monoisotopic (exact) mass is 471 g/mol. The number of hydrogen-bond acceptors (Lipinski definition) is 5. The van der Waals surface area contributed by atoms with Gasteiger partial charge in [-0.15, -0.1) is 0 Å². The Morgan fingerprint density at radius 3 is 2.60 bits per heavy atom. The molecule has 2 aromatic carbocycles. The lowest BCUT2D eigenvalue weighted by molar-refractivity contribution is 0.323. The van der Waals surface area contributed by atoms with Crippen molar-refractivity contribution in [3.63, 3.8) is 0 Å². The molecule has 0 aliphatic heterocycles. The number of hydrogen-bond donors (Lipinski definition) is 0. The number of halogens is 1. The Kier molecular flexibility index (Phi) is 7.26. The highest BCUT2D eigenvalue weighted by molar-refractivity contribution is 9.10. The van der Waals surface area contributed by atoms with Gasteiger partial charge in [0.2, 0.25) is 0 Å². The molecule has 0 fully saturated rings. The van der Waals surface area contributed by atoms with Crippen LogP contribution in [0, 0.1) is 0 Å². The van der Waals surface area contributed by atoms with Crippen LogP contribution in [0.2, 0.25) is 0 Å². The van der Waals surface area contributed by atoms with Crippen LogP contribution < -0.4 is 15.0 Å². The van der Waals surface area contributed by atoms with Gasteiger partial charge in [-0.1, -0.05) is 29.8 Å². The normalized spacial score (nSPS) is 12.4. The fourth-order valence-corrected chi connectivity index (χ4v) is 3.42. The van der Waals surface area contributed by atoms with E-state index in [4.69, 9.17) is 14.5 Å². The van der Waals surface area contributed by atoms with Gasteiger partial charge in [0.05, 0.1) is 30.3 Å². The summed E-state index contributed by atoms with van der Waals surface area (Å²) in [5.74, 6) is 2.10. The molecule has 0 N–H and O–H groups in total. The molecule has 30 heavy (non-hydrogen) atoms. The van der Waals surface area contributed by atoms with E-state index >= 15 is 0 Å². The molecule has 0 unspecified atom stereocenters. The molecule has 7 heteroatoms. The smallest absolute Gasteiger partial charge is 0.282 e.